The summed E-state index contributed by atoms with van der Waals surface area (Å²) in [4.78, 5) is 38.5. The van der Waals surface area contributed by atoms with Gasteiger partial charge in [-0.05, 0) is 39.3 Å². The third-order valence-electron chi connectivity index (χ3n) is 5.52. The van der Waals surface area contributed by atoms with Crippen LogP contribution in [0.25, 0.3) is 11.5 Å². The molecule has 0 fully saturated rings. The highest BCUT2D eigenvalue weighted by Crippen LogP contribution is 2.27. The maximum atomic E-state index is 13.3. The molecule has 12 heteroatoms. The van der Waals surface area contributed by atoms with Crippen LogP contribution in [0.4, 0.5) is 4.39 Å². The molecule has 0 aliphatic heterocycles. The van der Waals surface area contributed by atoms with E-state index in [0.29, 0.717) is 16.9 Å². The van der Waals surface area contributed by atoms with E-state index < -0.39 is 22.5 Å². The summed E-state index contributed by atoms with van der Waals surface area (Å²) in [7, 11) is 0. The lowest BCUT2D eigenvalue weighted by molar-refractivity contribution is 0.0718. The molecule has 0 aliphatic rings. The summed E-state index contributed by atoms with van der Waals surface area (Å²) in [5, 5.41) is 10.2. The molecule has 4 aromatic rings. The lowest BCUT2D eigenvalue weighted by Gasteiger charge is -2.18. The zero-order valence-corrected chi connectivity index (χ0v) is 23.8. The molecule has 0 spiro atoms. The first kappa shape index (κ1) is 29.9. The first-order valence-electron chi connectivity index (χ1n) is 12.0. The molecule has 0 bridgehead atoms. The molecular formula is C27H28Cl2FN5O4. The van der Waals surface area contributed by atoms with Crippen molar-refractivity contribution >= 4 is 23.2 Å². The minimum Gasteiger partial charge on any atom is -0.485 e. The molecule has 39 heavy (non-hydrogen) atoms. The number of ether oxygens (including phenoxy) is 1. The third kappa shape index (κ3) is 6.35. The van der Waals surface area contributed by atoms with E-state index in [0.717, 1.165) is 12.3 Å². The van der Waals surface area contributed by atoms with Gasteiger partial charge in [0.1, 0.15) is 40.3 Å². The van der Waals surface area contributed by atoms with E-state index in [1.807, 2.05) is 13.8 Å². The van der Waals surface area contributed by atoms with Crippen LogP contribution in [0.5, 0.6) is 5.75 Å². The minimum absolute atomic E-state index is 0.0485. The van der Waals surface area contributed by atoms with Crippen molar-refractivity contribution in [1.82, 2.24) is 24.1 Å². The normalized spacial score (nSPS) is 11.1. The number of aliphatic hydroxyl groups is 1. The topological polar surface area (TPSA) is 112 Å². The van der Waals surface area contributed by atoms with Crippen LogP contribution < -0.4 is 15.9 Å². The fourth-order valence-electron chi connectivity index (χ4n) is 3.67. The van der Waals surface area contributed by atoms with Crippen molar-refractivity contribution in [2.75, 3.05) is 0 Å². The monoisotopic (exact) mass is 575 g/mol. The molecule has 4 heterocycles. The summed E-state index contributed by atoms with van der Waals surface area (Å²) in [6.07, 6.45) is 5.34. The Labute approximate surface area is 234 Å². The average Bonchev–Trinajstić information content (AvgIpc) is 2.88. The standard InChI is InChI=1S/C25H22Cl2FN5O4.C2H6/c1-13-10-31-20(32-6-5-29-22(24(32)35)25(3,4)36)9-18(13)33-14(2)7-19(21(27)23(33)34)37-12-17-16(26)8-15(28)11-30-17;1-2/h5-11,36H,12H2,1-4H3;1-2H3. The minimum atomic E-state index is -1.46. The lowest BCUT2D eigenvalue weighted by atomic mass is 10.1. The van der Waals surface area contributed by atoms with E-state index in [-0.39, 0.29) is 39.6 Å². The first-order chi connectivity index (χ1) is 18.4. The molecule has 206 valence electrons. The maximum Gasteiger partial charge on any atom is 0.280 e. The van der Waals surface area contributed by atoms with Gasteiger partial charge in [-0.2, -0.15) is 0 Å². The van der Waals surface area contributed by atoms with Gasteiger partial charge in [-0.3, -0.25) is 28.7 Å². The molecule has 0 amide bonds. The molecule has 1 N–H and O–H groups in total. The Kier molecular flexibility index (Phi) is 9.26. The fraction of sp³-hybridized carbons (Fsp3) is 0.296. The van der Waals surface area contributed by atoms with Gasteiger partial charge in [0.15, 0.2) is 0 Å². The smallest absolute Gasteiger partial charge is 0.280 e. The molecule has 0 unspecified atom stereocenters. The van der Waals surface area contributed by atoms with Crippen LogP contribution in [-0.2, 0) is 12.2 Å². The Morgan fingerprint density at radius 1 is 1.03 bits per heavy atom. The van der Waals surface area contributed by atoms with Gasteiger partial charge in [0.05, 0.1) is 22.6 Å². The van der Waals surface area contributed by atoms with Crippen LogP contribution in [0.3, 0.4) is 0 Å². The van der Waals surface area contributed by atoms with Crippen molar-refractivity contribution in [3.05, 3.63) is 102 Å². The molecular weight excluding hydrogens is 548 g/mol. The largest absolute Gasteiger partial charge is 0.485 e. The highest BCUT2D eigenvalue weighted by molar-refractivity contribution is 6.32. The van der Waals surface area contributed by atoms with Crippen molar-refractivity contribution in [1.29, 1.82) is 0 Å². The molecule has 0 saturated heterocycles. The quantitative estimate of drug-likeness (QED) is 0.341. The Hall–Kier alpha value is -3.60. The Bertz CT molecular complexity index is 1630. The SMILES string of the molecule is CC.Cc1cnc(-n2ccnc(C(C)(C)O)c2=O)cc1-n1c(C)cc(OCc2ncc(F)cc2Cl)c(Cl)c1=O. The van der Waals surface area contributed by atoms with Crippen molar-refractivity contribution < 1.29 is 14.2 Å². The number of rotatable bonds is 6. The lowest BCUT2D eigenvalue weighted by Crippen LogP contribution is -2.33. The van der Waals surface area contributed by atoms with Crippen LogP contribution in [0, 0.1) is 19.7 Å². The van der Waals surface area contributed by atoms with Crippen LogP contribution in [0.15, 0.2) is 52.6 Å². The van der Waals surface area contributed by atoms with Crippen molar-refractivity contribution in [2.24, 2.45) is 0 Å². The number of pyridine rings is 3. The summed E-state index contributed by atoms with van der Waals surface area (Å²) in [6, 6.07) is 4.25. The summed E-state index contributed by atoms with van der Waals surface area (Å²) >= 11 is 12.4. The molecule has 4 rings (SSSR count). The maximum absolute atomic E-state index is 13.3. The number of nitrogens with zero attached hydrogens (tertiary/aromatic N) is 5. The second-order valence-electron chi connectivity index (χ2n) is 8.81. The molecule has 4 aromatic heterocycles. The summed E-state index contributed by atoms with van der Waals surface area (Å²) in [5.41, 5.74) is -0.759. The van der Waals surface area contributed by atoms with Crippen LogP contribution in [0.1, 0.15) is 50.3 Å². The Morgan fingerprint density at radius 3 is 2.36 bits per heavy atom. The number of aryl methyl sites for hydroxylation is 2. The van der Waals surface area contributed by atoms with Gasteiger partial charge < -0.3 is 9.84 Å². The van der Waals surface area contributed by atoms with Crippen LogP contribution in [0.2, 0.25) is 10.0 Å². The van der Waals surface area contributed by atoms with Gasteiger partial charge in [0, 0.05) is 36.4 Å². The zero-order chi connectivity index (χ0) is 29.1. The molecule has 9 nitrogen and oxygen atoms in total. The van der Waals surface area contributed by atoms with E-state index in [9.17, 15) is 19.1 Å². The van der Waals surface area contributed by atoms with Crippen molar-refractivity contribution in [3.63, 3.8) is 0 Å². The van der Waals surface area contributed by atoms with E-state index in [1.54, 1.807) is 26.0 Å². The van der Waals surface area contributed by atoms with Gasteiger partial charge in [-0.25, -0.2) is 9.37 Å². The molecule has 0 radical (unpaired) electrons. The molecule has 0 aromatic carbocycles. The number of aromatic nitrogens is 5. The Morgan fingerprint density at radius 2 is 1.72 bits per heavy atom. The fourth-order valence-corrected chi connectivity index (χ4v) is 4.07. The Balaban J connectivity index is 0.00000205. The van der Waals surface area contributed by atoms with E-state index in [4.69, 9.17) is 27.9 Å². The summed E-state index contributed by atoms with van der Waals surface area (Å²) in [5.74, 6) is -0.254. The van der Waals surface area contributed by atoms with E-state index >= 15 is 0 Å². The number of hydrogen-bond acceptors (Lipinski definition) is 7. The third-order valence-corrected chi connectivity index (χ3v) is 6.19. The average molecular weight is 576 g/mol. The van der Waals surface area contributed by atoms with E-state index in [2.05, 4.69) is 15.0 Å². The van der Waals surface area contributed by atoms with Gasteiger partial charge in [0.2, 0.25) is 0 Å². The predicted molar refractivity (Wildman–Crippen MR) is 148 cm³/mol. The number of halogens is 3. The van der Waals surface area contributed by atoms with Gasteiger partial charge in [-0.1, -0.05) is 37.0 Å². The number of hydrogen-bond donors (Lipinski definition) is 1. The molecule has 0 saturated carbocycles. The summed E-state index contributed by atoms with van der Waals surface area (Å²) < 4.78 is 21.6. The summed E-state index contributed by atoms with van der Waals surface area (Å²) in [6.45, 7) is 10.2. The second-order valence-corrected chi connectivity index (χ2v) is 9.60. The van der Waals surface area contributed by atoms with Crippen LogP contribution in [-0.4, -0.2) is 29.2 Å². The highest BCUT2D eigenvalue weighted by Gasteiger charge is 2.24. The van der Waals surface area contributed by atoms with Gasteiger partial charge in [-0.15, -0.1) is 0 Å². The highest BCUT2D eigenvalue weighted by atomic mass is 35.5. The second kappa shape index (κ2) is 12.1. The zero-order valence-electron chi connectivity index (χ0n) is 22.3. The van der Waals surface area contributed by atoms with Gasteiger partial charge >= 0.3 is 0 Å². The van der Waals surface area contributed by atoms with Crippen molar-refractivity contribution in [3.8, 4) is 17.3 Å². The van der Waals surface area contributed by atoms with Crippen molar-refractivity contribution in [2.45, 2.75) is 53.8 Å². The first-order valence-corrected chi connectivity index (χ1v) is 12.8. The molecule has 0 aliphatic carbocycles. The predicted octanol–water partition coefficient (Wildman–Crippen LogP) is 5.07. The molecule has 0 atom stereocenters. The van der Waals surface area contributed by atoms with E-state index in [1.165, 1.54) is 41.6 Å². The van der Waals surface area contributed by atoms with Crippen LogP contribution >= 0.6 is 23.2 Å². The van der Waals surface area contributed by atoms with Gasteiger partial charge in [0.25, 0.3) is 11.1 Å².